The van der Waals surface area contributed by atoms with Crippen molar-refractivity contribution >= 4 is 11.8 Å². The molecular formula is C19H25NS. The Morgan fingerprint density at radius 3 is 2.14 bits per heavy atom. The molecule has 0 aliphatic carbocycles. The number of hydrogen-bond acceptors (Lipinski definition) is 2. The van der Waals surface area contributed by atoms with Crippen LogP contribution in [0.1, 0.15) is 17.5 Å². The third-order valence-electron chi connectivity index (χ3n) is 3.50. The van der Waals surface area contributed by atoms with Gasteiger partial charge in [0.1, 0.15) is 0 Å². The Balaban J connectivity index is 1.72. The van der Waals surface area contributed by atoms with Gasteiger partial charge in [0.2, 0.25) is 0 Å². The van der Waals surface area contributed by atoms with Crippen molar-refractivity contribution in [1.29, 1.82) is 0 Å². The van der Waals surface area contributed by atoms with Gasteiger partial charge in [-0.25, -0.2) is 0 Å². The van der Waals surface area contributed by atoms with Gasteiger partial charge in [0.25, 0.3) is 0 Å². The molecule has 0 spiro atoms. The van der Waals surface area contributed by atoms with Crippen molar-refractivity contribution in [1.82, 2.24) is 4.90 Å². The van der Waals surface area contributed by atoms with E-state index in [0.717, 1.165) is 18.7 Å². The number of rotatable bonds is 8. The first-order valence-electron chi connectivity index (χ1n) is 7.64. The van der Waals surface area contributed by atoms with Crippen LogP contribution in [0.3, 0.4) is 0 Å². The fraction of sp³-hybridized carbons (Fsp3) is 0.368. The Labute approximate surface area is 133 Å². The van der Waals surface area contributed by atoms with Crippen LogP contribution in [0.5, 0.6) is 0 Å². The highest BCUT2D eigenvalue weighted by atomic mass is 32.2. The van der Waals surface area contributed by atoms with Gasteiger partial charge < -0.3 is 4.90 Å². The minimum Gasteiger partial charge on any atom is -0.309 e. The average Bonchev–Trinajstić information content (AvgIpc) is 2.50. The van der Waals surface area contributed by atoms with Crippen LogP contribution in [0.2, 0.25) is 0 Å². The van der Waals surface area contributed by atoms with Gasteiger partial charge in [0.05, 0.1) is 0 Å². The van der Waals surface area contributed by atoms with E-state index in [1.54, 1.807) is 0 Å². The van der Waals surface area contributed by atoms with Crippen molar-refractivity contribution in [3.05, 3.63) is 65.7 Å². The molecule has 2 aromatic rings. The summed E-state index contributed by atoms with van der Waals surface area (Å²) in [4.78, 5) is 3.62. The molecule has 0 bridgehead atoms. The van der Waals surface area contributed by atoms with Crippen LogP contribution in [0.15, 0.2) is 59.5 Å². The Kier molecular flexibility index (Phi) is 6.84. The lowest BCUT2D eigenvalue weighted by Crippen LogP contribution is -2.13. The molecule has 21 heavy (non-hydrogen) atoms. The molecule has 0 N–H and O–H groups in total. The van der Waals surface area contributed by atoms with Gasteiger partial charge in [-0.2, -0.15) is 0 Å². The van der Waals surface area contributed by atoms with Crippen molar-refractivity contribution in [3.8, 4) is 0 Å². The van der Waals surface area contributed by atoms with E-state index in [9.17, 15) is 0 Å². The van der Waals surface area contributed by atoms with Crippen LogP contribution in [-0.4, -0.2) is 31.3 Å². The van der Waals surface area contributed by atoms with Gasteiger partial charge in [-0.1, -0.05) is 42.5 Å². The Morgan fingerprint density at radius 1 is 0.810 bits per heavy atom. The summed E-state index contributed by atoms with van der Waals surface area (Å²) in [5.41, 5.74) is 2.87. The SMILES string of the molecule is CN(C)CCCc1ccc(SCCc2ccccc2)cc1. The van der Waals surface area contributed by atoms with Gasteiger partial charge in [-0.15, -0.1) is 11.8 Å². The summed E-state index contributed by atoms with van der Waals surface area (Å²) in [7, 11) is 4.26. The molecule has 2 heteroatoms. The van der Waals surface area contributed by atoms with Crippen LogP contribution in [0.4, 0.5) is 0 Å². The van der Waals surface area contributed by atoms with Crippen LogP contribution in [0, 0.1) is 0 Å². The molecule has 0 amide bonds. The molecule has 2 aromatic carbocycles. The number of thioether (sulfide) groups is 1. The highest BCUT2D eigenvalue weighted by molar-refractivity contribution is 7.99. The molecule has 0 unspecified atom stereocenters. The van der Waals surface area contributed by atoms with Crippen LogP contribution in [-0.2, 0) is 12.8 Å². The monoisotopic (exact) mass is 299 g/mol. The van der Waals surface area contributed by atoms with Gasteiger partial charge >= 0.3 is 0 Å². The molecule has 0 aliphatic rings. The topological polar surface area (TPSA) is 3.24 Å². The summed E-state index contributed by atoms with van der Waals surface area (Å²) in [6.07, 6.45) is 3.54. The van der Waals surface area contributed by atoms with E-state index in [2.05, 4.69) is 73.6 Å². The smallest absolute Gasteiger partial charge is 0.00722 e. The van der Waals surface area contributed by atoms with Crippen molar-refractivity contribution < 1.29 is 0 Å². The minimum atomic E-state index is 1.14. The van der Waals surface area contributed by atoms with E-state index in [4.69, 9.17) is 0 Å². The van der Waals surface area contributed by atoms with E-state index in [1.165, 1.54) is 28.9 Å². The number of hydrogen-bond donors (Lipinski definition) is 0. The molecule has 0 saturated heterocycles. The van der Waals surface area contributed by atoms with Crippen LogP contribution in [0.25, 0.3) is 0 Å². The lowest BCUT2D eigenvalue weighted by Gasteiger charge is -2.09. The van der Waals surface area contributed by atoms with Gasteiger partial charge in [-0.3, -0.25) is 0 Å². The summed E-state index contributed by atoms with van der Waals surface area (Å²) in [5, 5.41) is 0. The third kappa shape index (κ3) is 6.36. The maximum atomic E-state index is 2.28. The second kappa shape index (κ2) is 8.91. The molecule has 2 rings (SSSR count). The predicted molar refractivity (Wildman–Crippen MR) is 94.2 cm³/mol. The van der Waals surface area contributed by atoms with E-state index in [-0.39, 0.29) is 0 Å². The van der Waals surface area contributed by atoms with Crippen molar-refractivity contribution in [2.24, 2.45) is 0 Å². The first kappa shape index (κ1) is 16.1. The van der Waals surface area contributed by atoms with Gasteiger partial charge in [-0.05, 0) is 63.2 Å². The summed E-state index contributed by atoms with van der Waals surface area (Å²) in [6.45, 7) is 1.16. The standard InChI is InChI=1S/C19H25NS/c1-20(2)15-6-9-18-10-12-19(13-11-18)21-16-14-17-7-4-3-5-8-17/h3-5,7-8,10-13H,6,9,14-16H2,1-2H3. The third-order valence-corrected chi connectivity index (χ3v) is 4.51. The molecule has 0 heterocycles. The molecule has 0 aromatic heterocycles. The van der Waals surface area contributed by atoms with E-state index in [1.807, 2.05) is 11.8 Å². The maximum absolute atomic E-state index is 2.28. The second-order valence-corrected chi connectivity index (χ2v) is 6.80. The largest absolute Gasteiger partial charge is 0.309 e. The number of benzene rings is 2. The zero-order chi connectivity index (χ0) is 14.9. The van der Waals surface area contributed by atoms with E-state index in [0.29, 0.717) is 0 Å². The van der Waals surface area contributed by atoms with E-state index < -0.39 is 0 Å². The maximum Gasteiger partial charge on any atom is 0.00722 e. The normalized spacial score (nSPS) is 11.0. The second-order valence-electron chi connectivity index (χ2n) is 5.63. The zero-order valence-electron chi connectivity index (χ0n) is 13.1. The van der Waals surface area contributed by atoms with Crippen LogP contribution >= 0.6 is 11.8 Å². The van der Waals surface area contributed by atoms with Crippen molar-refractivity contribution in [3.63, 3.8) is 0 Å². The Morgan fingerprint density at radius 2 is 1.48 bits per heavy atom. The highest BCUT2D eigenvalue weighted by Crippen LogP contribution is 2.20. The Bertz CT molecular complexity index is 505. The molecule has 0 atom stereocenters. The molecule has 0 fully saturated rings. The summed E-state index contributed by atoms with van der Waals surface area (Å²) in [5.74, 6) is 1.14. The first-order valence-corrected chi connectivity index (χ1v) is 8.63. The van der Waals surface area contributed by atoms with E-state index >= 15 is 0 Å². The van der Waals surface area contributed by atoms with Gasteiger partial charge in [0.15, 0.2) is 0 Å². The molecule has 1 nitrogen and oxygen atoms in total. The minimum absolute atomic E-state index is 1.14. The Hall–Kier alpha value is -1.25. The fourth-order valence-corrected chi connectivity index (χ4v) is 3.19. The molecule has 0 aliphatic heterocycles. The molecule has 0 saturated carbocycles. The average molecular weight is 299 g/mol. The summed E-state index contributed by atoms with van der Waals surface area (Å²) < 4.78 is 0. The van der Waals surface area contributed by atoms with Gasteiger partial charge in [0, 0.05) is 10.6 Å². The predicted octanol–water partition coefficient (Wildman–Crippen LogP) is 4.52. The lowest BCUT2D eigenvalue weighted by atomic mass is 10.1. The first-order chi connectivity index (χ1) is 10.2. The zero-order valence-corrected chi connectivity index (χ0v) is 13.9. The van der Waals surface area contributed by atoms with Crippen molar-refractivity contribution in [2.75, 3.05) is 26.4 Å². The number of aryl methyl sites for hydroxylation is 2. The summed E-state index contributed by atoms with van der Waals surface area (Å²) in [6, 6.07) is 19.8. The molecule has 0 radical (unpaired) electrons. The quantitative estimate of drug-likeness (QED) is 0.660. The van der Waals surface area contributed by atoms with Crippen LogP contribution < -0.4 is 0 Å². The van der Waals surface area contributed by atoms with Crippen molar-refractivity contribution in [2.45, 2.75) is 24.2 Å². The fourth-order valence-electron chi connectivity index (χ4n) is 2.28. The number of nitrogens with zero attached hydrogens (tertiary/aromatic N) is 1. The molecule has 112 valence electrons. The molecular weight excluding hydrogens is 274 g/mol. The highest BCUT2D eigenvalue weighted by Gasteiger charge is 1.98. The lowest BCUT2D eigenvalue weighted by molar-refractivity contribution is 0.400. The summed E-state index contributed by atoms with van der Waals surface area (Å²) >= 11 is 1.94.